The number of ether oxygens (including phenoxy) is 2. The van der Waals surface area contributed by atoms with Gasteiger partial charge in [0.05, 0.1) is 12.2 Å². The lowest BCUT2D eigenvalue weighted by Gasteiger charge is -2.23. The minimum atomic E-state index is 0.292. The first-order chi connectivity index (χ1) is 12.7. The van der Waals surface area contributed by atoms with Crippen LogP contribution < -0.4 is 14.8 Å². The Morgan fingerprint density at radius 2 is 2.19 bits per heavy atom. The van der Waals surface area contributed by atoms with Crippen LogP contribution in [0.4, 0.5) is 0 Å². The van der Waals surface area contributed by atoms with Gasteiger partial charge in [-0.15, -0.1) is 11.3 Å². The van der Waals surface area contributed by atoms with Gasteiger partial charge >= 0.3 is 0 Å². The molecule has 1 unspecified atom stereocenters. The molecule has 134 valence electrons. The van der Waals surface area contributed by atoms with Crippen LogP contribution in [0.25, 0.3) is 10.6 Å². The Hall–Kier alpha value is -2.45. The quantitative estimate of drug-likeness (QED) is 0.762. The lowest BCUT2D eigenvalue weighted by molar-refractivity contribution is 0.174. The lowest BCUT2D eigenvalue weighted by atomic mass is 10.1. The van der Waals surface area contributed by atoms with E-state index in [4.69, 9.17) is 14.5 Å². The summed E-state index contributed by atoms with van der Waals surface area (Å²) in [4.78, 5) is 9.22. The Morgan fingerprint density at radius 1 is 1.27 bits per heavy atom. The van der Waals surface area contributed by atoms with Crippen molar-refractivity contribution in [1.29, 1.82) is 0 Å². The average molecular weight is 369 g/mol. The molecule has 0 saturated carbocycles. The van der Waals surface area contributed by atoms with Gasteiger partial charge in [-0.3, -0.25) is 0 Å². The first-order valence-corrected chi connectivity index (χ1v) is 9.61. The summed E-state index contributed by atoms with van der Waals surface area (Å²) in [6.45, 7) is 3.87. The molecule has 1 aromatic carbocycles. The topological polar surface area (TPSA) is 74.1 Å². The van der Waals surface area contributed by atoms with Gasteiger partial charge in [-0.2, -0.15) is 5.10 Å². The largest absolute Gasteiger partial charge is 0.454 e. The van der Waals surface area contributed by atoms with E-state index in [9.17, 15) is 0 Å². The van der Waals surface area contributed by atoms with E-state index in [0.29, 0.717) is 12.8 Å². The van der Waals surface area contributed by atoms with E-state index in [1.54, 1.807) is 11.3 Å². The van der Waals surface area contributed by atoms with Gasteiger partial charge in [-0.05, 0) is 31.5 Å². The van der Waals surface area contributed by atoms with Crippen molar-refractivity contribution in [1.82, 2.24) is 25.1 Å². The molecule has 0 aliphatic carbocycles. The second-order valence-electron chi connectivity index (χ2n) is 6.59. The van der Waals surface area contributed by atoms with Crippen LogP contribution in [0.5, 0.6) is 11.5 Å². The maximum atomic E-state index is 5.45. The van der Waals surface area contributed by atoms with Crippen molar-refractivity contribution in [2.24, 2.45) is 0 Å². The van der Waals surface area contributed by atoms with Gasteiger partial charge in [0.15, 0.2) is 11.5 Å². The number of thiazole rings is 1. The third-order valence-corrected chi connectivity index (χ3v) is 5.65. The third kappa shape index (κ3) is 2.95. The maximum Gasteiger partial charge on any atom is 0.231 e. The van der Waals surface area contributed by atoms with E-state index in [-0.39, 0.29) is 0 Å². The molecule has 2 aliphatic rings. The van der Waals surface area contributed by atoms with Gasteiger partial charge in [0.25, 0.3) is 0 Å². The molecule has 0 radical (unpaired) electrons. The predicted molar refractivity (Wildman–Crippen MR) is 97.4 cm³/mol. The number of benzene rings is 1. The van der Waals surface area contributed by atoms with E-state index < -0.39 is 0 Å². The van der Waals surface area contributed by atoms with Crippen molar-refractivity contribution in [3.05, 3.63) is 40.9 Å². The summed E-state index contributed by atoms with van der Waals surface area (Å²) in [5.74, 6) is 3.54. The summed E-state index contributed by atoms with van der Waals surface area (Å²) in [5, 5.41) is 11.2. The first kappa shape index (κ1) is 15.8. The van der Waals surface area contributed by atoms with Crippen LogP contribution in [-0.4, -0.2) is 32.6 Å². The van der Waals surface area contributed by atoms with E-state index in [2.05, 4.69) is 20.8 Å². The van der Waals surface area contributed by atoms with Crippen molar-refractivity contribution in [2.45, 2.75) is 38.9 Å². The van der Waals surface area contributed by atoms with E-state index >= 15 is 0 Å². The SMILES string of the molecule is Cc1nc2n(n1)CC(NCc1csc(-c3ccc4c(c3)OCO4)n1)CC2. The molecule has 2 aliphatic heterocycles. The smallest absolute Gasteiger partial charge is 0.231 e. The monoisotopic (exact) mass is 369 g/mol. The molecule has 1 N–H and O–H groups in total. The van der Waals surface area contributed by atoms with Crippen molar-refractivity contribution < 1.29 is 9.47 Å². The van der Waals surface area contributed by atoms with Gasteiger partial charge in [0.1, 0.15) is 16.7 Å². The molecular formula is C18H19N5O2S. The highest BCUT2D eigenvalue weighted by Crippen LogP contribution is 2.36. The van der Waals surface area contributed by atoms with Crippen LogP contribution >= 0.6 is 11.3 Å². The predicted octanol–water partition coefficient (Wildman–Crippen LogP) is 2.54. The standard InChI is InChI=1S/C18H19N5O2S/c1-11-20-17-5-3-13(8-23(17)22-11)19-7-14-9-26-18(21-14)12-2-4-15-16(6-12)25-10-24-15/h2,4,6,9,13,19H,3,5,7-8,10H2,1H3. The van der Waals surface area contributed by atoms with E-state index in [1.165, 1.54) is 0 Å². The number of hydrogen-bond acceptors (Lipinski definition) is 7. The van der Waals surface area contributed by atoms with Crippen molar-refractivity contribution in [2.75, 3.05) is 6.79 Å². The van der Waals surface area contributed by atoms with E-state index in [1.807, 2.05) is 29.8 Å². The summed E-state index contributed by atoms with van der Waals surface area (Å²) in [6.07, 6.45) is 2.05. The van der Waals surface area contributed by atoms with Gasteiger partial charge < -0.3 is 14.8 Å². The molecule has 0 bridgehead atoms. The van der Waals surface area contributed by atoms with Crippen LogP contribution in [0.2, 0.25) is 0 Å². The normalized spacial score (nSPS) is 18.1. The highest BCUT2D eigenvalue weighted by Gasteiger charge is 2.21. The molecule has 2 aromatic heterocycles. The average Bonchev–Trinajstić information content (AvgIpc) is 3.37. The summed E-state index contributed by atoms with van der Waals surface area (Å²) in [6, 6.07) is 6.36. The number of hydrogen-bond donors (Lipinski definition) is 1. The number of fused-ring (bicyclic) bond motifs is 2. The summed E-state index contributed by atoms with van der Waals surface area (Å²) in [7, 11) is 0. The minimum Gasteiger partial charge on any atom is -0.454 e. The molecule has 8 heteroatoms. The van der Waals surface area contributed by atoms with Gasteiger partial charge in [-0.1, -0.05) is 0 Å². The number of aromatic nitrogens is 4. The molecule has 0 amide bonds. The minimum absolute atomic E-state index is 0.292. The van der Waals surface area contributed by atoms with Crippen LogP contribution in [0.1, 0.15) is 23.8 Å². The second kappa shape index (κ2) is 6.37. The second-order valence-corrected chi connectivity index (χ2v) is 7.44. The number of aryl methyl sites for hydroxylation is 2. The zero-order valence-electron chi connectivity index (χ0n) is 14.4. The van der Waals surface area contributed by atoms with Crippen LogP contribution in [0.3, 0.4) is 0 Å². The Bertz CT molecular complexity index is 951. The van der Waals surface area contributed by atoms with Crippen LogP contribution in [0, 0.1) is 6.92 Å². The molecule has 7 nitrogen and oxygen atoms in total. The fourth-order valence-electron chi connectivity index (χ4n) is 3.40. The van der Waals surface area contributed by atoms with Crippen molar-refractivity contribution in [3.63, 3.8) is 0 Å². The van der Waals surface area contributed by atoms with Crippen LogP contribution in [-0.2, 0) is 19.5 Å². The molecule has 0 fully saturated rings. The Balaban J connectivity index is 1.24. The summed E-state index contributed by atoms with van der Waals surface area (Å²) < 4.78 is 12.8. The van der Waals surface area contributed by atoms with Gasteiger partial charge in [0, 0.05) is 30.0 Å². The molecule has 5 rings (SSSR count). The fourth-order valence-corrected chi connectivity index (χ4v) is 4.22. The van der Waals surface area contributed by atoms with Gasteiger partial charge in [-0.25, -0.2) is 14.6 Å². The Labute approximate surface area is 155 Å². The summed E-state index contributed by atoms with van der Waals surface area (Å²) in [5.41, 5.74) is 2.12. The van der Waals surface area contributed by atoms with E-state index in [0.717, 1.165) is 65.3 Å². The zero-order valence-corrected chi connectivity index (χ0v) is 15.3. The molecule has 1 atom stereocenters. The van der Waals surface area contributed by atoms with Crippen molar-refractivity contribution in [3.8, 4) is 22.1 Å². The highest BCUT2D eigenvalue weighted by atomic mass is 32.1. The molecule has 0 saturated heterocycles. The molecular weight excluding hydrogens is 350 g/mol. The van der Waals surface area contributed by atoms with Gasteiger partial charge in [0.2, 0.25) is 6.79 Å². The lowest BCUT2D eigenvalue weighted by Crippen LogP contribution is -2.37. The maximum absolute atomic E-state index is 5.45. The first-order valence-electron chi connectivity index (χ1n) is 8.73. The van der Waals surface area contributed by atoms with Crippen LogP contribution in [0.15, 0.2) is 23.6 Å². The number of rotatable bonds is 4. The third-order valence-electron chi connectivity index (χ3n) is 4.71. The summed E-state index contributed by atoms with van der Waals surface area (Å²) >= 11 is 1.65. The number of nitrogens with zero attached hydrogens (tertiary/aromatic N) is 4. The Kier molecular flexibility index (Phi) is 3.86. The molecule has 4 heterocycles. The fraction of sp³-hybridized carbons (Fsp3) is 0.389. The molecule has 0 spiro atoms. The zero-order chi connectivity index (χ0) is 17.5. The van der Waals surface area contributed by atoms with Crippen molar-refractivity contribution >= 4 is 11.3 Å². The Morgan fingerprint density at radius 3 is 3.15 bits per heavy atom. The molecule has 3 aromatic rings. The highest BCUT2D eigenvalue weighted by molar-refractivity contribution is 7.13. The molecule has 26 heavy (non-hydrogen) atoms. The number of nitrogens with one attached hydrogen (secondary N) is 1.